The highest BCUT2D eigenvalue weighted by molar-refractivity contribution is 6.08. The Morgan fingerprint density at radius 3 is 2.26 bits per heavy atom. The molecule has 0 saturated heterocycles. The first kappa shape index (κ1) is 19.9. The molecule has 27 heavy (non-hydrogen) atoms. The van der Waals surface area contributed by atoms with Crippen molar-refractivity contribution in [2.24, 2.45) is 0 Å². The molecule has 0 aliphatic carbocycles. The predicted molar refractivity (Wildman–Crippen MR) is 103 cm³/mol. The summed E-state index contributed by atoms with van der Waals surface area (Å²) in [5.41, 5.74) is 8.06. The van der Waals surface area contributed by atoms with Crippen LogP contribution in [-0.4, -0.2) is 49.8 Å². The van der Waals surface area contributed by atoms with Crippen LogP contribution < -0.4 is 20.5 Å². The zero-order valence-corrected chi connectivity index (χ0v) is 15.5. The summed E-state index contributed by atoms with van der Waals surface area (Å²) in [5, 5.41) is 11.6. The van der Waals surface area contributed by atoms with E-state index in [4.69, 9.17) is 20.3 Å². The molecule has 0 atom stereocenters. The number of carbonyl (C=O) groups excluding carboxylic acids is 1. The molecule has 0 saturated carbocycles. The fourth-order valence-electron chi connectivity index (χ4n) is 2.44. The quantitative estimate of drug-likeness (QED) is 0.643. The number of methoxy groups -OCH3 is 2. The molecule has 0 spiro atoms. The zero-order chi connectivity index (χ0) is 20.0. The molecule has 0 heterocycles. The van der Waals surface area contributed by atoms with E-state index in [0.29, 0.717) is 30.2 Å². The Bertz CT molecular complexity index is 821. The summed E-state index contributed by atoms with van der Waals surface area (Å²) in [6.07, 6.45) is -0.383. The number of rotatable bonds is 7. The first-order valence-corrected chi connectivity index (χ1v) is 8.21. The highest BCUT2D eigenvalue weighted by Crippen LogP contribution is 2.32. The number of hydrogen-bond acceptors (Lipinski definition) is 5. The van der Waals surface area contributed by atoms with Crippen molar-refractivity contribution in [2.75, 3.05) is 38.9 Å². The number of nitrogen functional groups attached to an aromatic ring is 1. The van der Waals surface area contributed by atoms with Crippen molar-refractivity contribution in [3.63, 3.8) is 0 Å². The van der Waals surface area contributed by atoms with Gasteiger partial charge in [-0.1, -0.05) is 12.1 Å². The molecular weight excluding hydrogens is 350 g/mol. The number of nitrogens with one attached hydrogen (secondary N) is 1. The summed E-state index contributed by atoms with van der Waals surface area (Å²) in [4.78, 5) is 24.5. The fourth-order valence-corrected chi connectivity index (χ4v) is 2.44. The molecule has 8 heteroatoms. The Balaban J connectivity index is 2.07. The second-order valence-corrected chi connectivity index (χ2v) is 5.90. The summed E-state index contributed by atoms with van der Waals surface area (Å²) in [6, 6.07) is 10.2. The lowest BCUT2D eigenvalue weighted by atomic mass is 10.1. The van der Waals surface area contributed by atoms with E-state index in [0.717, 1.165) is 5.56 Å². The third-order valence-corrected chi connectivity index (χ3v) is 4.07. The van der Waals surface area contributed by atoms with Gasteiger partial charge in [0.05, 0.1) is 19.8 Å². The summed E-state index contributed by atoms with van der Waals surface area (Å²) in [5.74, 6) is 0.490. The van der Waals surface area contributed by atoms with E-state index in [-0.39, 0.29) is 17.2 Å². The van der Waals surface area contributed by atoms with Gasteiger partial charge >= 0.3 is 6.09 Å². The molecule has 2 rings (SSSR count). The minimum Gasteiger partial charge on any atom is -0.493 e. The van der Waals surface area contributed by atoms with Gasteiger partial charge in [0, 0.05) is 31.0 Å². The van der Waals surface area contributed by atoms with Crippen molar-refractivity contribution in [3.05, 3.63) is 47.5 Å². The monoisotopic (exact) mass is 373 g/mol. The van der Waals surface area contributed by atoms with Gasteiger partial charge in [-0.15, -0.1) is 0 Å². The van der Waals surface area contributed by atoms with Crippen LogP contribution in [0.1, 0.15) is 15.9 Å². The summed E-state index contributed by atoms with van der Waals surface area (Å²) >= 11 is 0. The van der Waals surface area contributed by atoms with Crippen LogP contribution in [0.25, 0.3) is 0 Å². The van der Waals surface area contributed by atoms with Gasteiger partial charge in [0.25, 0.3) is 5.91 Å². The molecule has 0 unspecified atom stereocenters. The lowest BCUT2D eigenvalue weighted by Crippen LogP contribution is -2.26. The van der Waals surface area contributed by atoms with Gasteiger partial charge in [0.1, 0.15) is 0 Å². The molecule has 8 nitrogen and oxygen atoms in total. The molecule has 4 N–H and O–H groups in total. The third kappa shape index (κ3) is 5.04. The number of anilines is 2. The van der Waals surface area contributed by atoms with Crippen molar-refractivity contribution < 1.29 is 24.2 Å². The number of ether oxygens (including phenoxy) is 2. The molecule has 0 bridgehead atoms. The van der Waals surface area contributed by atoms with E-state index in [1.54, 1.807) is 12.1 Å². The van der Waals surface area contributed by atoms with Gasteiger partial charge in [0.2, 0.25) is 0 Å². The van der Waals surface area contributed by atoms with Crippen LogP contribution in [0.5, 0.6) is 11.5 Å². The third-order valence-electron chi connectivity index (χ3n) is 4.07. The average molecular weight is 373 g/mol. The van der Waals surface area contributed by atoms with E-state index in [1.807, 2.05) is 12.1 Å². The molecule has 0 fully saturated rings. The molecular formula is C19H23N3O5. The Morgan fingerprint density at radius 1 is 1.11 bits per heavy atom. The van der Waals surface area contributed by atoms with Crippen molar-refractivity contribution in [2.45, 2.75) is 6.42 Å². The van der Waals surface area contributed by atoms with Gasteiger partial charge in [-0.2, -0.15) is 0 Å². The molecule has 0 aliphatic rings. The van der Waals surface area contributed by atoms with Gasteiger partial charge in [-0.05, 0) is 30.2 Å². The Labute approximate surface area is 157 Å². The maximum absolute atomic E-state index is 12.5. The first-order valence-electron chi connectivity index (χ1n) is 8.21. The Kier molecular flexibility index (Phi) is 6.48. The van der Waals surface area contributed by atoms with Crippen LogP contribution >= 0.6 is 0 Å². The summed E-state index contributed by atoms with van der Waals surface area (Å²) in [6.45, 7) is 0.392. The molecule has 2 amide bonds. The Morgan fingerprint density at radius 2 is 1.70 bits per heavy atom. The van der Waals surface area contributed by atoms with Crippen molar-refractivity contribution in [3.8, 4) is 11.5 Å². The lowest BCUT2D eigenvalue weighted by Gasteiger charge is -2.14. The lowest BCUT2D eigenvalue weighted by molar-refractivity contribution is 0.102. The number of amides is 2. The van der Waals surface area contributed by atoms with E-state index in [1.165, 1.54) is 38.3 Å². The maximum atomic E-state index is 12.5. The highest BCUT2D eigenvalue weighted by atomic mass is 16.5. The molecule has 0 radical (unpaired) electrons. The van der Waals surface area contributed by atoms with Crippen molar-refractivity contribution in [1.82, 2.24) is 4.90 Å². The second kappa shape index (κ2) is 8.79. The van der Waals surface area contributed by atoms with Gasteiger partial charge in [-0.3, -0.25) is 4.79 Å². The van der Waals surface area contributed by atoms with Gasteiger partial charge in [0.15, 0.2) is 11.5 Å². The molecule has 144 valence electrons. The van der Waals surface area contributed by atoms with Gasteiger partial charge < -0.3 is 30.5 Å². The standard InChI is InChI=1S/C19H23N3O5/c1-22(19(24)25)9-8-12-4-6-13(7-5-12)21-18(23)14-10-16(26-2)17(27-3)11-15(14)20/h4-7,10-11H,8-9,20H2,1-3H3,(H,21,23)(H,24,25). The fraction of sp³-hybridized carbons (Fsp3) is 0.263. The predicted octanol–water partition coefficient (Wildman–Crippen LogP) is 2.69. The number of carbonyl (C=O) groups is 2. The van der Waals surface area contributed by atoms with Crippen LogP contribution in [-0.2, 0) is 6.42 Å². The number of nitrogens with two attached hydrogens (primary N) is 1. The SMILES string of the molecule is COc1cc(N)c(C(=O)Nc2ccc(CCN(C)C(=O)O)cc2)cc1OC. The van der Waals surface area contributed by atoms with E-state index >= 15 is 0 Å². The number of nitrogens with zero attached hydrogens (tertiary/aromatic N) is 1. The van der Waals surface area contributed by atoms with Gasteiger partial charge in [-0.25, -0.2) is 4.79 Å². The van der Waals surface area contributed by atoms with Crippen LogP contribution in [0.4, 0.5) is 16.2 Å². The topological polar surface area (TPSA) is 114 Å². The molecule has 0 aromatic heterocycles. The largest absolute Gasteiger partial charge is 0.493 e. The number of carboxylic acid groups (broad SMARTS) is 1. The molecule has 2 aromatic carbocycles. The van der Waals surface area contributed by atoms with Crippen LogP contribution in [0.2, 0.25) is 0 Å². The number of benzene rings is 2. The van der Waals surface area contributed by atoms with Crippen LogP contribution in [0.15, 0.2) is 36.4 Å². The highest BCUT2D eigenvalue weighted by Gasteiger charge is 2.15. The molecule has 2 aromatic rings. The second-order valence-electron chi connectivity index (χ2n) is 5.90. The average Bonchev–Trinajstić information content (AvgIpc) is 2.66. The minimum absolute atomic E-state index is 0.276. The zero-order valence-electron chi connectivity index (χ0n) is 15.5. The first-order chi connectivity index (χ1) is 12.8. The van der Waals surface area contributed by atoms with E-state index in [2.05, 4.69) is 5.32 Å². The minimum atomic E-state index is -0.966. The van der Waals surface area contributed by atoms with Crippen LogP contribution in [0.3, 0.4) is 0 Å². The van der Waals surface area contributed by atoms with Crippen LogP contribution in [0, 0.1) is 0 Å². The number of hydrogen-bond donors (Lipinski definition) is 3. The summed E-state index contributed by atoms with van der Waals surface area (Å²) < 4.78 is 10.4. The maximum Gasteiger partial charge on any atom is 0.407 e. The van der Waals surface area contributed by atoms with E-state index in [9.17, 15) is 9.59 Å². The Hall–Kier alpha value is -3.42. The van der Waals surface area contributed by atoms with Crippen molar-refractivity contribution >= 4 is 23.4 Å². The molecule has 0 aliphatic heterocycles. The van der Waals surface area contributed by atoms with Crippen molar-refractivity contribution in [1.29, 1.82) is 0 Å². The number of likely N-dealkylation sites (N-methyl/N-ethyl adjacent to an activating group) is 1. The normalized spacial score (nSPS) is 10.2. The summed E-state index contributed by atoms with van der Waals surface area (Å²) in [7, 11) is 4.49. The smallest absolute Gasteiger partial charge is 0.407 e. The van der Waals surface area contributed by atoms with E-state index < -0.39 is 6.09 Å².